The number of aliphatic imine (C=N–C) groups is 1. The average molecular weight is 784 g/mol. The number of likely N-dealkylation sites (N-methyl/N-ethyl adjacent to an activating group) is 1. The van der Waals surface area contributed by atoms with E-state index >= 15 is 0 Å². The summed E-state index contributed by atoms with van der Waals surface area (Å²) in [5.41, 5.74) is -0.905. The fourth-order valence-electron chi connectivity index (χ4n) is 7.10. The highest BCUT2D eigenvalue weighted by Gasteiger charge is 2.46. The van der Waals surface area contributed by atoms with Crippen LogP contribution in [-0.2, 0) is 29.5 Å². The molecule has 0 aliphatic carbocycles. The summed E-state index contributed by atoms with van der Waals surface area (Å²) in [5.74, 6) is -1.96. The summed E-state index contributed by atoms with van der Waals surface area (Å²) in [6, 6.07) is 27.5. The van der Waals surface area contributed by atoms with Crippen molar-refractivity contribution in [2.24, 2.45) is 4.99 Å². The predicted octanol–water partition coefficient (Wildman–Crippen LogP) is 4.74. The number of aromatic nitrogens is 2. The van der Waals surface area contributed by atoms with Crippen LogP contribution in [0.5, 0.6) is 0 Å². The summed E-state index contributed by atoms with van der Waals surface area (Å²) in [5, 5.41) is 24.9. The highest BCUT2D eigenvalue weighted by atomic mass is 32.2. The van der Waals surface area contributed by atoms with Gasteiger partial charge < -0.3 is 19.7 Å². The van der Waals surface area contributed by atoms with Gasteiger partial charge in [-0.3, -0.25) is 0 Å². The minimum atomic E-state index is -4.48. The van der Waals surface area contributed by atoms with Crippen LogP contribution in [0, 0.1) is 0 Å². The molecule has 0 fully saturated rings. The lowest BCUT2D eigenvalue weighted by Gasteiger charge is -2.32. The molecule has 1 aliphatic rings. The molecule has 55 heavy (non-hydrogen) atoms. The van der Waals surface area contributed by atoms with Gasteiger partial charge in [0.2, 0.25) is 5.84 Å². The van der Waals surface area contributed by atoms with Crippen molar-refractivity contribution in [3.8, 4) is 0 Å². The molecular formula is C39H35N4O10S2+. The van der Waals surface area contributed by atoms with Gasteiger partial charge in [0.15, 0.2) is 6.10 Å². The number of ether oxygens (including phenoxy) is 2. The molecule has 0 radical (unpaired) electrons. The Balaban J connectivity index is 1.40. The van der Waals surface area contributed by atoms with E-state index in [1.54, 1.807) is 55.6 Å². The second-order valence-corrected chi connectivity index (χ2v) is 16.4. The largest absolute Gasteiger partial charge is 0.465 e. The summed E-state index contributed by atoms with van der Waals surface area (Å²) in [6.07, 6.45) is -0.857. The standard InChI is InChI=1S/C39H35N4O10S2/c1-43(24-31(44)34-32(38(46)52-2)27-18-10-12-20-29(27)41(34)54(48,49)25-14-6-4-7-15-25)23-22-40-37(43)36(45)35-33(39(47)53-3)28-19-11-13-21-30(28)42(35)55(50,51)26-16-8-5-9-17-26/h4-23,31,36,44-45H,24H2,1-3H3/q+1. The SMILES string of the molecule is COC(=O)c1c(C(O)C[N+]2(C)C=CN=C2C(O)c2c(C(=O)OC)c3ccccc3n2S(=O)(=O)c2ccccc2)n(S(=O)(=O)c2ccccc2)c2ccccc12. The lowest BCUT2D eigenvalue weighted by Crippen LogP contribution is -2.49. The first-order valence-electron chi connectivity index (χ1n) is 16.8. The van der Waals surface area contributed by atoms with Crippen molar-refractivity contribution in [2.45, 2.75) is 22.0 Å². The highest BCUT2D eigenvalue weighted by molar-refractivity contribution is 7.90. The Morgan fingerprint density at radius 2 is 1.09 bits per heavy atom. The number of para-hydroxylation sites is 2. The van der Waals surface area contributed by atoms with E-state index in [1.165, 1.54) is 73.1 Å². The van der Waals surface area contributed by atoms with E-state index in [4.69, 9.17) is 9.47 Å². The first kappa shape index (κ1) is 37.4. The second-order valence-electron chi connectivity index (χ2n) is 12.9. The van der Waals surface area contributed by atoms with Crippen molar-refractivity contribution in [1.29, 1.82) is 0 Å². The molecule has 0 saturated carbocycles. The summed E-state index contributed by atoms with van der Waals surface area (Å²) in [6.45, 7) is -0.434. The maximum absolute atomic E-state index is 14.4. The van der Waals surface area contributed by atoms with Gasteiger partial charge in [0.25, 0.3) is 20.0 Å². The number of quaternary nitrogens is 1. The van der Waals surface area contributed by atoms with Crippen LogP contribution >= 0.6 is 0 Å². The number of amidine groups is 1. The molecule has 16 heteroatoms. The summed E-state index contributed by atoms with van der Waals surface area (Å²) in [4.78, 5) is 31.1. The van der Waals surface area contributed by atoms with Crippen LogP contribution in [0.15, 0.2) is 136 Å². The molecule has 0 spiro atoms. The molecule has 3 atom stereocenters. The van der Waals surface area contributed by atoms with E-state index in [0.717, 1.165) is 22.2 Å². The van der Waals surface area contributed by atoms with Crippen LogP contribution in [0.1, 0.15) is 44.3 Å². The Labute approximate surface area is 316 Å². The molecule has 2 aromatic heterocycles. The molecular weight excluding hydrogens is 749 g/mol. The van der Waals surface area contributed by atoms with Crippen molar-refractivity contribution in [3.05, 3.63) is 144 Å². The summed E-state index contributed by atoms with van der Waals surface area (Å²) >= 11 is 0. The molecule has 14 nitrogen and oxygen atoms in total. The number of hydrogen-bond acceptors (Lipinski definition) is 11. The van der Waals surface area contributed by atoms with E-state index in [0.29, 0.717) is 0 Å². The van der Waals surface area contributed by atoms with Crippen molar-refractivity contribution in [1.82, 2.24) is 7.94 Å². The smallest absolute Gasteiger partial charge is 0.340 e. The second kappa shape index (κ2) is 14.1. The first-order valence-corrected chi connectivity index (χ1v) is 19.7. The van der Waals surface area contributed by atoms with Crippen LogP contribution < -0.4 is 0 Å². The molecule has 0 saturated heterocycles. The van der Waals surface area contributed by atoms with Crippen LogP contribution in [0.3, 0.4) is 0 Å². The zero-order valence-corrected chi connectivity index (χ0v) is 31.3. The Morgan fingerprint density at radius 3 is 1.56 bits per heavy atom. The molecule has 2 N–H and O–H groups in total. The van der Waals surface area contributed by atoms with Gasteiger partial charge in [-0.25, -0.2) is 43.8 Å². The number of hydrogen-bond donors (Lipinski definition) is 2. The van der Waals surface area contributed by atoms with E-state index in [1.807, 2.05) is 0 Å². The Bertz CT molecular complexity index is 2780. The number of fused-ring (bicyclic) bond motifs is 2. The van der Waals surface area contributed by atoms with Crippen LogP contribution in [0.2, 0.25) is 0 Å². The number of esters is 2. The Morgan fingerprint density at radius 1 is 0.673 bits per heavy atom. The van der Waals surface area contributed by atoms with Crippen molar-refractivity contribution in [2.75, 3.05) is 27.8 Å². The third-order valence-electron chi connectivity index (χ3n) is 9.57. The van der Waals surface area contributed by atoms with Gasteiger partial charge in [0.05, 0.1) is 70.8 Å². The molecule has 7 rings (SSSR count). The molecule has 6 aromatic rings. The van der Waals surface area contributed by atoms with Crippen LogP contribution in [-0.4, -0.2) is 85.1 Å². The predicted molar refractivity (Wildman–Crippen MR) is 202 cm³/mol. The van der Waals surface area contributed by atoms with Gasteiger partial charge in [0, 0.05) is 10.8 Å². The zero-order chi connectivity index (χ0) is 39.3. The van der Waals surface area contributed by atoms with Crippen molar-refractivity contribution < 1.29 is 50.6 Å². The van der Waals surface area contributed by atoms with E-state index in [2.05, 4.69) is 4.99 Å². The average Bonchev–Trinajstić information content (AvgIpc) is 3.88. The van der Waals surface area contributed by atoms with E-state index < -0.39 is 55.2 Å². The van der Waals surface area contributed by atoms with Gasteiger partial charge in [-0.2, -0.15) is 0 Å². The maximum atomic E-state index is 14.4. The van der Waals surface area contributed by atoms with Crippen molar-refractivity contribution in [3.63, 3.8) is 0 Å². The number of carbonyl (C=O) groups is 2. The first-order chi connectivity index (χ1) is 26.3. The van der Waals surface area contributed by atoms with Gasteiger partial charge in [-0.05, 0) is 36.4 Å². The third kappa shape index (κ3) is 6.04. The topological polar surface area (TPSA) is 184 Å². The minimum Gasteiger partial charge on any atom is -0.465 e. The minimum absolute atomic E-state index is 0.0833. The molecule has 3 unspecified atom stereocenters. The quantitative estimate of drug-likeness (QED) is 0.138. The molecule has 0 bridgehead atoms. The number of carbonyl (C=O) groups excluding carboxylic acids is 2. The number of methoxy groups -OCH3 is 2. The van der Waals surface area contributed by atoms with E-state index in [-0.39, 0.29) is 59.9 Å². The lowest BCUT2D eigenvalue weighted by molar-refractivity contribution is -0.772. The van der Waals surface area contributed by atoms with Crippen LogP contribution in [0.25, 0.3) is 21.8 Å². The summed E-state index contributed by atoms with van der Waals surface area (Å²) < 4.78 is 68.9. The Kier molecular flexibility index (Phi) is 9.56. The number of nitrogens with zero attached hydrogens (tertiary/aromatic N) is 4. The Hall–Kier alpha value is -5.91. The van der Waals surface area contributed by atoms with Gasteiger partial charge in [0.1, 0.15) is 18.8 Å². The normalized spacial score (nSPS) is 16.9. The highest BCUT2D eigenvalue weighted by Crippen LogP contribution is 2.40. The van der Waals surface area contributed by atoms with Gasteiger partial charge in [-0.1, -0.05) is 72.8 Å². The lowest BCUT2D eigenvalue weighted by atomic mass is 10.0. The number of aliphatic hydroxyl groups is 2. The molecule has 1 aliphatic heterocycles. The third-order valence-corrected chi connectivity index (χ3v) is 13.1. The number of rotatable bonds is 11. The molecule has 3 heterocycles. The fourth-order valence-corrected chi connectivity index (χ4v) is 10.3. The summed E-state index contributed by atoms with van der Waals surface area (Å²) in [7, 11) is -5.12. The fraction of sp³-hybridized carbons (Fsp3) is 0.154. The molecule has 282 valence electrons. The molecule has 4 aromatic carbocycles. The van der Waals surface area contributed by atoms with Gasteiger partial charge in [-0.15, -0.1) is 0 Å². The van der Waals surface area contributed by atoms with Crippen molar-refractivity contribution >= 4 is 59.6 Å². The van der Waals surface area contributed by atoms with Gasteiger partial charge >= 0.3 is 11.9 Å². The number of benzene rings is 4. The zero-order valence-electron chi connectivity index (χ0n) is 29.7. The maximum Gasteiger partial charge on any atom is 0.340 e. The monoisotopic (exact) mass is 783 g/mol. The molecule has 0 amide bonds. The van der Waals surface area contributed by atoms with Crippen LogP contribution in [0.4, 0.5) is 0 Å². The number of aliphatic hydroxyl groups excluding tert-OH is 2. The van der Waals surface area contributed by atoms with E-state index in [9.17, 15) is 36.6 Å².